The highest BCUT2D eigenvalue weighted by molar-refractivity contribution is 5.97. The van der Waals surface area contributed by atoms with E-state index in [2.05, 4.69) is 69.9 Å². The molecular weight excluding hydrogens is 717 g/mol. The van der Waals surface area contributed by atoms with Crippen LogP contribution in [0.3, 0.4) is 0 Å². The summed E-state index contributed by atoms with van der Waals surface area (Å²) in [5.41, 5.74) is 6.78. The Morgan fingerprint density at radius 3 is 2.16 bits per heavy atom. The summed E-state index contributed by atoms with van der Waals surface area (Å²) in [7, 11) is 5.21. The number of amides is 3. The number of aromatic nitrogens is 4. The maximum atomic E-state index is 14.1. The number of imidazole rings is 2. The van der Waals surface area contributed by atoms with Crippen LogP contribution in [0.2, 0.25) is 0 Å². The summed E-state index contributed by atoms with van der Waals surface area (Å²) in [6.45, 7) is 5.12. The van der Waals surface area contributed by atoms with Gasteiger partial charge < -0.3 is 29.8 Å². The summed E-state index contributed by atoms with van der Waals surface area (Å²) in [5, 5.41) is 4.89. The number of carbonyl (C=O) groups excluding carboxylic acids is 3. The summed E-state index contributed by atoms with van der Waals surface area (Å²) < 4.78 is 4.78. The summed E-state index contributed by atoms with van der Waals surface area (Å²) in [4.78, 5) is 62.5. The third-order valence-corrected chi connectivity index (χ3v) is 11.5. The lowest BCUT2D eigenvalue weighted by atomic mass is 9.98. The molecule has 4 heterocycles. The Labute approximate surface area is 332 Å². The van der Waals surface area contributed by atoms with Gasteiger partial charge in [0, 0.05) is 24.2 Å². The first-order valence-electron chi connectivity index (χ1n) is 19.9. The van der Waals surface area contributed by atoms with E-state index in [1.165, 1.54) is 7.11 Å². The van der Waals surface area contributed by atoms with Crippen LogP contribution in [0.5, 0.6) is 0 Å². The number of fused-ring (bicyclic) bond motifs is 2. The topological polar surface area (TPSA) is 140 Å². The molecule has 1 unspecified atom stereocenters. The van der Waals surface area contributed by atoms with Gasteiger partial charge in [0.2, 0.25) is 11.8 Å². The Morgan fingerprint density at radius 1 is 0.807 bits per heavy atom. The van der Waals surface area contributed by atoms with Crippen LogP contribution in [0.15, 0.2) is 91.1 Å². The molecule has 0 saturated carbocycles. The number of nitrogens with zero attached hydrogens (tertiary/aromatic N) is 5. The minimum Gasteiger partial charge on any atom is -0.453 e. The van der Waals surface area contributed by atoms with E-state index >= 15 is 0 Å². The number of methoxy groups -OCH3 is 1. The van der Waals surface area contributed by atoms with Gasteiger partial charge in [-0.15, -0.1) is 0 Å². The summed E-state index contributed by atoms with van der Waals surface area (Å²) >= 11 is 0. The highest BCUT2D eigenvalue weighted by Crippen LogP contribution is 2.38. The SMILES string of the molecule is COC(=O)NC(C(=O)N1CCC[C@H]1c1ncc(-c2ccc3cc(-c4cccc5[nH]c([C@@H]6CCCN6C(=O)[C@@H](c6ccccc6)N(C)C)nc45)ccc3c2)[nH]1)C(C)C. The minimum absolute atomic E-state index is 0.0926. The molecule has 4 aromatic carbocycles. The zero-order valence-electron chi connectivity index (χ0n) is 33.2. The lowest BCUT2D eigenvalue weighted by molar-refractivity contribution is -0.137. The average molecular weight is 767 g/mol. The predicted octanol–water partition coefficient (Wildman–Crippen LogP) is 7.78. The second-order valence-electron chi connectivity index (χ2n) is 15.8. The molecule has 0 aliphatic carbocycles. The summed E-state index contributed by atoms with van der Waals surface area (Å²) in [5.74, 6) is 1.41. The van der Waals surface area contributed by atoms with Crippen molar-refractivity contribution in [1.82, 2.24) is 40.0 Å². The van der Waals surface area contributed by atoms with Crippen LogP contribution >= 0.6 is 0 Å². The fourth-order valence-electron chi connectivity index (χ4n) is 8.64. The van der Waals surface area contributed by atoms with Crippen molar-refractivity contribution in [1.29, 1.82) is 0 Å². The van der Waals surface area contributed by atoms with Crippen LogP contribution in [0, 0.1) is 5.92 Å². The molecular formula is C45H50N8O4. The first-order valence-corrected chi connectivity index (χ1v) is 19.9. The first kappa shape index (κ1) is 37.9. The molecule has 0 spiro atoms. The van der Waals surface area contributed by atoms with Gasteiger partial charge in [-0.1, -0.05) is 80.6 Å². The molecule has 12 heteroatoms. The number of hydrogen-bond donors (Lipinski definition) is 3. The molecule has 2 fully saturated rings. The van der Waals surface area contributed by atoms with Gasteiger partial charge >= 0.3 is 6.09 Å². The number of nitrogens with one attached hydrogen (secondary N) is 3. The van der Waals surface area contributed by atoms with Crippen molar-refractivity contribution >= 4 is 39.7 Å². The zero-order chi connectivity index (χ0) is 39.8. The quantitative estimate of drug-likeness (QED) is 0.129. The zero-order valence-corrected chi connectivity index (χ0v) is 33.2. The smallest absolute Gasteiger partial charge is 0.407 e. The maximum absolute atomic E-state index is 14.1. The van der Waals surface area contributed by atoms with Crippen LogP contribution in [0.4, 0.5) is 4.79 Å². The normalized spacial score (nSPS) is 18.2. The molecule has 2 aliphatic rings. The van der Waals surface area contributed by atoms with E-state index in [-0.39, 0.29) is 35.9 Å². The number of benzene rings is 4. The molecule has 2 aliphatic heterocycles. The minimum atomic E-state index is -0.686. The molecule has 2 saturated heterocycles. The molecule has 8 rings (SSSR count). The molecule has 3 amide bonds. The Hall–Kier alpha value is -6.01. The number of H-pyrrole nitrogens is 2. The Balaban J connectivity index is 1.02. The van der Waals surface area contributed by atoms with Crippen molar-refractivity contribution in [2.45, 2.75) is 63.7 Å². The Morgan fingerprint density at radius 2 is 1.47 bits per heavy atom. The van der Waals surface area contributed by atoms with Gasteiger partial charge in [0.25, 0.3) is 0 Å². The van der Waals surface area contributed by atoms with Gasteiger partial charge in [0.05, 0.1) is 42.1 Å². The fraction of sp³-hybridized carbons (Fsp3) is 0.356. The number of ether oxygens (including phenoxy) is 1. The van der Waals surface area contributed by atoms with Gasteiger partial charge in [-0.05, 0) is 85.8 Å². The van der Waals surface area contributed by atoms with Crippen LogP contribution in [-0.4, -0.2) is 92.9 Å². The fourth-order valence-corrected chi connectivity index (χ4v) is 8.64. The van der Waals surface area contributed by atoms with Gasteiger partial charge in [-0.2, -0.15) is 0 Å². The number of alkyl carbamates (subject to hydrolysis) is 1. The Bertz CT molecular complexity index is 2420. The highest BCUT2D eigenvalue weighted by atomic mass is 16.5. The van der Waals surface area contributed by atoms with Crippen LogP contribution in [0.25, 0.3) is 44.2 Å². The second kappa shape index (κ2) is 15.9. The largest absolute Gasteiger partial charge is 0.453 e. The van der Waals surface area contributed by atoms with Crippen LogP contribution < -0.4 is 5.32 Å². The second-order valence-corrected chi connectivity index (χ2v) is 15.8. The van der Waals surface area contributed by atoms with Gasteiger partial charge in [0.15, 0.2) is 0 Å². The molecule has 4 atom stereocenters. The average Bonchev–Trinajstić information content (AvgIpc) is 4.05. The Kier molecular flexibility index (Phi) is 10.5. The van der Waals surface area contributed by atoms with Gasteiger partial charge in [-0.3, -0.25) is 14.5 Å². The molecule has 0 radical (unpaired) electrons. The highest BCUT2D eigenvalue weighted by Gasteiger charge is 2.39. The van der Waals surface area contributed by atoms with Gasteiger partial charge in [0.1, 0.15) is 23.7 Å². The summed E-state index contributed by atoms with van der Waals surface area (Å²) in [6, 6.07) is 27.6. The van der Waals surface area contributed by atoms with Crippen LogP contribution in [0.1, 0.15) is 74.9 Å². The van der Waals surface area contributed by atoms with E-state index in [1.54, 1.807) is 0 Å². The van der Waals surface area contributed by atoms with Crippen molar-refractivity contribution in [3.63, 3.8) is 0 Å². The number of para-hydroxylation sites is 1. The lowest BCUT2D eigenvalue weighted by Gasteiger charge is -2.31. The third-order valence-electron chi connectivity index (χ3n) is 11.5. The van der Waals surface area contributed by atoms with Crippen molar-refractivity contribution in [2.75, 3.05) is 34.3 Å². The number of likely N-dealkylation sites (N-methyl/N-ethyl adjacent to an activating group) is 1. The van der Waals surface area contributed by atoms with Gasteiger partial charge in [-0.25, -0.2) is 14.8 Å². The molecule has 2 aromatic heterocycles. The van der Waals surface area contributed by atoms with Crippen LogP contribution in [-0.2, 0) is 14.3 Å². The number of hydrogen-bond acceptors (Lipinski definition) is 7. The monoisotopic (exact) mass is 766 g/mol. The number of likely N-dealkylation sites (tertiary alicyclic amines) is 2. The predicted molar refractivity (Wildman–Crippen MR) is 221 cm³/mol. The maximum Gasteiger partial charge on any atom is 0.407 e. The molecule has 3 N–H and O–H groups in total. The summed E-state index contributed by atoms with van der Waals surface area (Å²) in [6.07, 6.45) is 4.63. The molecule has 6 aromatic rings. The van der Waals surface area contributed by atoms with Crippen molar-refractivity contribution in [3.05, 3.63) is 108 Å². The molecule has 12 nitrogen and oxygen atoms in total. The number of carbonyl (C=O) groups is 3. The van der Waals surface area contributed by atoms with E-state index in [1.807, 2.05) is 79.2 Å². The van der Waals surface area contributed by atoms with Crippen molar-refractivity contribution in [2.24, 2.45) is 5.92 Å². The number of aromatic amines is 2. The van der Waals surface area contributed by atoms with E-state index in [4.69, 9.17) is 14.7 Å². The molecule has 294 valence electrons. The van der Waals surface area contributed by atoms with Crippen molar-refractivity contribution < 1.29 is 19.1 Å². The lowest BCUT2D eigenvalue weighted by Crippen LogP contribution is -2.51. The number of rotatable bonds is 10. The molecule has 57 heavy (non-hydrogen) atoms. The van der Waals surface area contributed by atoms with E-state index in [9.17, 15) is 14.4 Å². The van der Waals surface area contributed by atoms with E-state index in [0.717, 1.165) is 87.1 Å². The van der Waals surface area contributed by atoms with E-state index < -0.39 is 12.1 Å². The standard InChI is InChI=1S/C45H50N8O4/c1-27(2)38(50-45(56)57-5)43(54)52-22-10-16-36(52)41-46-26-35(48-41)32-21-19-29-24-31(20-18-30(29)25-32)33-14-9-15-34-39(33)49-42(47-34)37-17-11-23-53(37)44(55)40(51(3)4)28-12-7-6-8-13-28/h6-9,12-15,18-21,24-27,36-38,40H,10-11,16-17,22-23H2,1-5H3,(H,46,48)(H,47,49)(H,50,56)/t36-,37-,38?,40+/m0/s1. The van der Waals surface area contributed by atoms with Crippen molar-refractivity contribution in [3.8, 4) is 22.4 Å². The third kappa shape index (κ3) is 7.37. The molecule has 0 bridgehead atoms. The van der Waals surface area contributed by atoms with E-state index in [0.29, 0.717) is 13.1 Å². The first-order chi connectivity index (χ1) is 27.6.